The zero-order valence-electron chi connectivity index (χ0n) is 19.4. The third kappa shape index (κ3) is 12.5. The Hall–Kier alpha value is -0.810. The van der Waals surface area contributed by atoms with Crippen molar-refractivity contribution in [3.05, 3.63) is 0 Å². The van der Waals surface area contributed by atoms with E-state index in [1.54, 1.807) is 0 Å². The topological polar surface area (TPSA) is 67.8 Å². The minimum Gasteiger partial charge on any atom is -0.447 e. The maximum atomic E-state index is 11.9. The number of hydrogen-bond acceptors (Lipinski definition) is 4. The van der Waals surface area contributed by atoms with E-state index in [0.29, 0.717) is 6.54 Å². The predicted octanol–water partition coefficient (Wildman–Crippen LogP) is 6.12. The van der Waals surface area contributed by atoms with E-state index >= 15 is 0 Å². The fraction of sp³-hybridized carbons (Fsp3) is 0.958. The minimum absolute atomic E-state index is 0.00612. The van der Waals surface area contributed by atoms with Crippen molar-refractivity contribution < 1.29 is 19.4 Å². The maximum absolute atomic E-state index is 11.9. The van der Waals surface area contributed by atoms with Crippen molar-refractivity contribution in [2.24, 2.45) is 0 Å². The number of aliphatic hydroxyl groups excluding tert-OH is 1. The summed E-state index contributed by atoms with van der Waals surface area (Å²) in [6, 6.07) is 0. The Morgan fingerprint density at radius 3 is 1.83 bits per heavy atom. The second kappa shape index (κ2) is 15.1. The summed E-state index contributed by atoms with van der Waals surface area (Å²) in [6.07, 6.45) is 18.4. The van der Waals surface area contributed by atoms with E-state index in [1.165, 1.54) is 70.6 Å². The van der Waals surface area contributed by atoms with Crippen molar-refractivity contribution in [2.45, 2.75) is 128 Å². The van der Waals surface area contributed by atoms with Crippen molar-refractivity contribution in [3.63, 3.8) is 0 Å². The highest BCUT2D eigenvalue weighted by atomic mass is 16.6. The molecule has 29 heavy (non-hydrogen) atoms. The molecule has 0 aliphatic carbocycles. The van der Waals surface area contributed by atoms with Crippen LogP contribution in [0.3, 0.4) is 0 Å². The number of amides is 1. The van der Waals surface area contributed by atoms with Crippen LogP contribution in [0.2, 0.25) is 0 Å². The Balaban J connectivity index is 1.87. The first-order valence-corrected chi connectivity index (χ1v) is 12.1. The van der Waals surface area contributed by atoms with Crippen LogP contribution in [0.25, 0.3) is 0 Å². The summed E-state index contributed by atoms with van der Waals surface area (Å²) < 4.78 is 11.2. The van der Waals surface area contributed by atoms with Crippen LogP contribution in [0.1, 0.15) is 117 Å². The highest BCUT2D eigenvalue weighted by Gasteiger charge is 2.44. The molecule has 1 aliphatic heterocycles. The number of rotatable bonds is 17. The van der Waals surface area contributed by atoms with E-state index < -0.39 is 11.2 Å². The second-order valence-corrected chi connectivity index (χ2v) is 9.41. The molecule has 0 aromatic rings. The first kappa shape index (κ1) is 26.2. The number of hydrogen-bond donors (Lipinski definition) is 2. The van der Waals surface area contributed by atoms with Crippen LogP contribution in [-0.4, -0.2) is 42.2 Å². The Kier molecular flexibility index (Phi) is 13.6. The summed E-state index contributed by atoms with van der Waals surface area (Å²) in [5.41, 5.74) is -1.01. The molecular formula is C24H47NO4. The molecule has 172 valence electrons. The summed E-state index contributed by atoms with van der Waals surface area (Å²) in [7, 11) is 0. The fourth-order valence-electron chi connectivity index (χ4n) is 4.04. The van der Waals surface area contributed by atoms with E-state index in [0.717, 1.165) is 25.7 Å². The maximum Gasteiger partial charge on any atom is 0.407 e. The van der Waals surface area contributed by atoms with Gasteiger partial charge in [0.25, 0.3) is 0 Å². The van der Waals surface area contributed by atoms with Crippen LogP contribution in [0.15, 0.2) is 0 Å². The average Bonchev–Trinajstić information content (AvgIpc) is 3.03. The van der Waals surface area contributed by atoms with Gasteiger partial charge in [0, 0.05) is 6.54 Å². The molecule has 5 heteroatoms. The third-order valence-electron chi connectivity index (χ3n) is 6.07. The molecule has 0 aromatic heterocycles. The van der Waals surface area contributed by atoms with Crippen LogP contribution in [0.4, 0.5) is 4.79 Å². The molecule has 0 radical (unpaired) electrons. The fourth-order valence-corrected chi connectivity index (χ4v) is 4.04. The van der Waals surface area contributed by atoms with Crippen molar-refractivity contribution in [1.29, 1.82) is 0 Å². The molecule has 2 atom stereocenters. The molecule has 0 aromatic carbocycles. The van der Waals surface area contributed by atoms with Gasteiger partial charge in [0.15, 0.2) is 0 Å². The summed E-state index contributed by atoms with van der Waals surface area (Å²) in [4.78, 5) is 11.9. The van der Waals surface area contributed by atoms with Crippen molar-refractivity contribution in [1.82, 2.24) is 5.32 Å². The molecule has 2 unspecified atom stereocenters. The number of unbranched alkanes of at least 4 members (excludes halogenated alkanes) is 12. The standard InChI is InChI=1S/C24H47NO4/c1-4-5-6-7-8-9-10-11-12-13-14-15-16-19-25-22(27)28-21-24(3)18-17-23(2,20-26)29-24/h26H,4-21H2,1-3H3,(H,25,27). The van der Waals surface area contributed by atoms with E-state index in [9.17, 15) is 9.90 Å². The Labute approximate surface area is 179 Å². The first-order chi connectivity index (χ1) is 13.9. The lowest BCUT2D eigenvalue weighted by Crippen LogP contribution is -2.39. The van der Waals surface area contributed by atoms with Gasteiger partial charge in [0.1, 0.15) is 12.2 Å². The smallest absolute Gasteiger partial charge is 0.407 e. The minimum atomic E-state index is -0.511. The van der Waals surface area contributed by atoms with Gasteiger partial charge in [-0.2, -0.15) is 0 Å². The van der Waals surface area contributed by atoms with Gasteiger partial charge in [-0.05, 0) is 33.1 Å². The summed E-state index contributed by atoms with van der Waals surface area (Å²) >= 11 is 0. The average molecular weight is 414 g/mol. The predicted molar refractivity (Wildman–Crippen MR) is 119 cm³/mol. The highest BCUT2D eigenvalue weighted by molar-refractivity contribution is 5.67. The number of aliphatic hydroxyl groups is 1. The van der Waals surface area contributed by atoms with Gasteiger partial charge in [-0.3, -0.25) is 0 Å². The summed E-state index contributed by atoms with van der Waals surface area (Å²) in [5, 5.41) is 12.2. The molecule has 5 nitrogen and oxygen atoms in total. The zero-order valence-corrected chi connectivity index (χ0v) is 19.4. The van der Waals surface area contributed by atoms with E-state index in [4.69, 9.17) is 9.47 Å². The van der Waals surface area contributed by atoms with Crippen LogP contribution in [0.5, 0.6) is 0 Å². The summed E-state index contributed by atoms with van der Waals surface area (Å²) in [5.74, 6) is 0. The Morgan fingerprint density at radius 1 is 0.862 bits per heavy atom. The van der Waals surface area contributed by atoms with Gasteiger partial charge in [-0.1, -0.05) is 84.0 Å². The zero-order chi connectivity index (χ0) is 21.4. The molecule has 1 aliphatic rings. The second-order valence-electron chi connectivity index (χ2n) is 9.41. The van der Waals surface area contributed by atoms with E-state index in [-0.39, 0.29) is 19.3 Å². The molecule has 1 saturated heterocycles. The number of carbonyl (C=O) groups is 1. The van der Waals surface area contributed by atoms with Crippen molar-refractivity contribution >= 4 is 6.09 Å². The van der Waals surface area contributed by atoms with Crippen LogP contribution < -0.4 is 5.32 Å². The number of nitrogens with one attached hydrogen (secondary N) is 1. The molecular weight excluding hydrogens is 366 g/mol. The largest absolute Gasteiger partial charge is 0.447 e. The lowest BCUT2D eigenvalue weighted by Gasteiger charge is -2.28. The molecule has 2 N–H and O–H groups in total. The Morgan fingerprint density at radius 2 is 1.34 bits per heavy atom. The molecule has 1 rings (SSSR count). The molecule has 0 saturated carbocycles. The number of carbonyl (C=O) groups excluding carboxylic acids is 1. The third-order valence-corrected chi connectivity index (χ3v) is 6.07. The molecule has 0 bridgehead atoms. The molecule has 1 fully saturated rings. The number of ether oxygens (including phenoxy) is 2. The van der Waals surface area contributed by atoms with Gasteiger partial charge in [-0.15, -0.1) is 0 Å². The van der Waals surface area contributed by atoms with E-state index in [1.807, 2.05) is 13.8 Å². The van der Waals surface area contributed by atoms with Crippen LogP contribution >= 0.6 is 0 Å². The summed E-state index contributed by atoms with van der Waals surface area (Å²) in [6.45, 7) is 6.99. The van der Waals surface area contributed by atoms with E-state index in [2.05, 4.69) is 12.2 Å². The van der Waals surface area contributed by atoms with Crippen molar-refractivity contribution in [2.75, 3.05) is 19.8 Å². The molecule has 1 amide bonds. The quantitative estimate of drug-likeness (QED) is 0.282. The highest BCUT2D eigenvalue weighted by Crippen LogP contribution is 2.37. The van der Waals surface area contributed by atoms with Crippen LogP contribution in [0, 0.1) is 0 Å². The molecule has 1 heterocycles. The molecule has 0 spiro atoms. The SMILES string of the molecule is CCCCCCCCCCCCCCCNC(=O)OCC1(C)CCC(C)(CO)O1. The monoisotopic (exact) mass is 413 g/mol. The van der Waals surface area contributed by atoms with Gasteiger partial charge in [0.2, 0.25) is 0 Å². The Bertz CT molecular complexity index is 431. The van der Waals surface area contributed by atoms with Gasteiger partial charge in [0.05, 0.1) is 12.2 Å². The van der Waals surface area contributed by atoms with Gasteiger partial charge >= 0.3 is 6.09 Å². The van der Waals surface area contributed by atoms with Crippen molar-refractivity contribution in [3.8, 4) is 0 Å². The van der Waals surface area contributed by atoms with Gasteiger partial charge in [-0.25, -0.2) is 4.79 Å². The lowest BCUT2D eigenvalue weighted by molar-refractivity contribution is -0.125. The normalized spacial score (nSPS) is 24.0. The number of alkyl carbamates (subject to hydrolysis) is 1. The van der Waals surface area contributed by atoms with Crippen LogP contribution in [-0.2, 0) is 9.47 Å². The lowest BCUT2D eigenvalue weighted by atomic mass is 9.99. The van der Waals surface area contributed by atoms with Gasteiger partial charge < -0.3 is 19.9 Å². The first-order valence-electron chi connectivity index (χ1n) is 12.1.